The lowest BCUT2D eigenvalue weighted by molar-refractivity contribution is -0.00257. The molecule has 1 unspecified atom stereocenters. The van der Waals surface area contributed by atoms with E-state index >= 15 is 0 Å². The first-order valence-electron chi connectivity index (χ1n) is 10.6. The number of nitrogens with zero attached hydrogens (tertiary/aromatic N) is 2. The summed E-state index contributed by atoms with van der Waals surface area (Å²) in [5.41, 5.74) is 1.06. The Balaban J connectivity index is 1.45. The number of carbonyl (C=O) groups excluding carboxylic acids is 1. The van der Waals surface area contributed by atoms with Gasteiger partial charge in [0.15, 0.2) is 0 Å². The van der Waals surface area contributed by atoms with Gasteiger partial charge in [0.1, 0.15) is 5.82 Å². The van der Waals surface area contributed by atoms with Crippen molar-refractivity contribution in [1.82, 2.24) is 10.3 Å². The normalized spacial score (nSPS) is 25.0. The molecule has 2 N–H and O–H groups in total. The minimum atomic E-state index is -0.673. The summed E-state index contributed by atoms with van der Waals surface area (Å²) >= 11 is 0. The molecule has 0 bridgehead atoms. The third kappa shape index (κ3) is 4.08. The van der Waals surface area contributed by atoms with Crippen LogP contribution in [0.1, 0.15) is 63.2 Å². The highest BCUT2D eigenvalue weighted by Gasteiger charge is 2.32. The van der Waals surface area contributed by atoms with Crippen LogP contribution < -0.4 is 10.2 Å². The molecule has 0 spiro atoms. The lowest BCUT2D eigenvalue weighted by atomic mass is 9.77. The first-order chi connectivity index (χ1) is 13.7. The van der Waals surface area contributed by atoms with Crippen LogP contribution in [-0.2, 0) is 0 Å². The van der Waals surface area contributed by atoms with Gasteiger partial charge in [0, 0.05) is 30.2 Å². The summed E-state index contributed by atoms with van der Waals surface area (Å²) in [6, 6.07) is 5.42. The molecule has 2 fully saturated rings. The van der Waals surface area contributed by atoms with E-state index < -0.39 is 5.60 Å². The fourth-order valence-corrected chi connectivity index (χ4v) is 4.57. The van der Waals surface area contributed by atoms with E-state index in [1.54, 1.807) is 18.3 Å². The van der Waals surface area contributed by atoms with E-state index in [0.29, 0.717) is 28.2 Å². The SMILES string of the molecule is CC1CCN1c1cc2ncc(C(=O)N[C@H]3CC[C@H](C(C)(C)O)CC3)cc2cc1F. The van der Waals surface area contributed by atoms with E-state index in [2.05, 4.69) is 17.2 Å². The van der Waals surface area contributed by atoms with E-state index in [4.69, 9.17) is 0 Å². The van der Waals surface area contributed by atoms with Crippen molar-refractivity contribution in [3.8, 4) is 0 Å². The third-order valence-electron chi connectivity index (χ3n) is 6.70. The van der Waals surface area contributed by atoms with Gasteiger partial charge in [-0.3, -0.25) is 9.78 Å². The Labute approximate surface area is 171 Å². The fraction of sp³-hybridized carbons (Fsp3) is 0.565. The lowest BCUT2D eigenvalue weighted by Gasteiger charge is -2.40. The highest BCUT2D eigenvalue weighted by molar-refractivity contribution is 5.97. The van der Waals surface area contributed by atoms with Crippen molar-refractivity contribution in [3.63, 3.8) is 0 Å². The molecule has 1 aliphatic heterocycles. The predicted octanol–water partition coefficient (Wildman–Crippen LogP) is 4.03. The van der Waals surface area contributed by atoms with Crippen LogP contribution in [0.25, 0.3) is 10.9 Å². The molecule has 4 rings (SSSR count). The van der Waals surface area contributed by atoms with Crippen LogP contribution in [0.2, 0.25) is 0 Å². The van der Waals surface area contributed by atoms with Crippen molar-refractivity contribution in [2.24, 2.45) is 5.92 Å². The standard InChI is InChI=1S/C23H30FN3O2/c1-14-8-9-27(14)21-12-20-15(11-19(21)24)10-16(13-25-20)22(28)26-18-6-4-17(5-7-18)23(2,3)29/h10-14,17-18,29H,4-9H2,1-3H3,(H,26,28)/t14?,17-,18-. The number of carbonyl (C=O) groups is 1. The average molecular weight is 400 g/mol. The van der Waals surface area contributed by atoms with Crippen LogP contribution in [0.5, 0.6) is 0 Å². The van der Waals surface area contributed by atoms with Crippen LogP contribution in [0.15, 0.2) is 24.4 Å². The lowest BCUT2D eigenvalue weighted by Crippen LogP contribution is -2.46. The topological polar surface area (TPSA) is 65.5 Å². The second kappa shape index (κ2) is 7.56. The molecule has 1 aromatic heterocycles. The number of aliphatic hydroxyl groups is 1. The largest absolute Gasteiger partial charge is 0.390 e. The fourth-order valence-electron chi connectivity index (χ4n) is 4.57. The number of nitrogens with one attached hydrogen (secondary N) is 1. The first-order valence-corrected chi connectivity index (χ1v) is 10.6. The van der Waals surface area contributed by atoms with Crippen LogP contribution in [0.3, 0.4) is 0 Å². The van der Waals surface area contributed by atoms with Crippen molar-refractivity contribution < 1.29 is 14.3 Å². The number of amides is 1. The van der Waals surface area contributed by atoms with Gasteiger partial charge in [0.25, 0.3) is 5.91 Å². The summed E-state index contributed by atoms with van der Waals surface area (Å²) in [7, 11) is 0. The molecule has 5 nitrogen and oxygen atoms in total. The number of hydrogen-bond donors (Lipinski definition) is 2. The van der Waals surface area contributed by atoms with Crippen molar-refractivity contribution >= 4 is 22.5 Å². The molecule has 1 amide bonds. The number of anilines is 1. The molecule has 1 aliphatic carbocycles. The van der Waals surface area contributed by atoms with Gasteiger partial charge in [-0.1, -0.05) is 0 Å². The third-order valence-corrected chi connectivity index (χ3v) is 6.70. The van der Waals surface area contributed by atoms with Crippen molar-refractivity contribution in [2.45, 2.75) is 70.6 Å². The van der Waals surface area contributed by atoms with Crippen LogP contribution in [-0.4, -0.2) is 40.2 Å². The van der Waals surface area contributed by atoms with Gasteiger partial charge in [0.05, 0.1) is 22.4 Å². The zero-order valence-corrected chi connectivity index (χ0v) is 17.4. The summed E-state index contributed by atoms with van der Waals surface area (Å²) in [5, 5.41) is 13.9. The summed E-state index contributed by atoms with van der Waals surface area (Å²) in [5.74, 6) is -0.176. The van der Waals surface area contributed by atoms with Crippen LogP contribution in [0, 0.1) is 11.7 Å². The Morgan fingerprint density at radius 1 is 1.21 bits per heavy atom. The highest BCUT2D eigenvalue weighted by Crippen LogP contribution is 2.33. The summed E-state index contributed by atoms with van der Waals surface area (Å²) < 4.78 is 14.6. The Morgan fingerprint density at radius 2 is 1.93 bits per heavy atom. The molecular formula is C23H30FN3O2. The summed E-state index contributed by atoms with van der Waals surface area (Å²) in [6.45, 7) is 6.65. The van der Waals surface area contributed by atoms with Gasteiger partial charge in [-0.25, -0.2) is 4.39 Å². The molecule has 1 aromatic carbocycles. The van der Waals surface area contributed by atoms with E-state index in [0.717, 1.165) is 38.6 Å². The van der Waals surface area contributed by atoms with Crippen LogP contribution >= 0.6 is 0 Å². The summed E-state index contributed by atoms with van der Waals surface area (Å²) in [4.78, 5) is 19.2. The minimum absolute atomic E-state index is 0.101. The van der Waals surface area contributed by atoms with E-state index in [9.17, 15) is 14.3 Å². The molecule has 2 heterocycles. The maximum Gasteiger partial charge on any atom is 0.253 e. The zero-order valence-electron chi connectivity index (χ0n) is 17.4. The molecule has 2 aromatic rings. The second-order valence-electron chi connectivity index (χ2n) is 9.23. The van der Waals surface area contributed by atoms with Gasteiger partial charge in [0.2, 0.25) is 0 Å². The number of rotatable bonds is 4. The maximum absolute atomic E-state index is 14.6. The molecule has 6 heteroatoms. The number of halogens is 1. The molecule has 1 atom stereocenters. The van der Waals surface area contributed by atoms with Gasteiger partial charge >= 0.3 is 0 Å². The van der Waals surface area contributed by atoms with Gasteiger partial charge in [-0.15, -0.1) is 0 Å². The van der Waals surface area contributed by atoms with E-state index in [1.165, 1.54) is 6.07 Å². The van der Waals surface area contributed by atoms with Gasteiger partial charge < -0.3 is 15.3 Å². The Bertz CT molecular complexity index is 916. The Kier molecular flexibility index (Phi) is 5.23. The minimum Gasteiger partial charge on any atom is -0.390 e. The Hall–Kier alpha value is -2.21. The van der Waals surface area contributed by atoms with Crippen molar-refractivity contribution in [2.75, 3.05) is 11.4 Å². The molecule has 2 aliphatic rings. The zero-order chi connectivity index (χ0) is 20.8. The van der Waals surface area contributed by atoms with Gasteiger partial charge in [-0.05, 0) is 77.0 Å². The van der Waals surface area contributed by atoms with Gasteiger partial charge in [-0.2, -0.15) is 0 Å². The number of benzene rings is 1. The predicted molar refractivity (Wildman–Crippen MR) is 113 cm³/mol. The number of fused-ring (bicyclic) bond motifs is 1. The molecule has 29 heavy (non-hydrogen) atoms. The van der Waals surface area contributed by atoms with E-state index in [1.807, 2.05) is 18.7 Å². The maximum atomic E-state index is 14.6. The summed E-state index contributed by atoms with van der Waals surface area (Å²) in [6.07, 6.45) is 6.14. The average Bonchev–Trinajstić information content (AvgIpc) is 2.66. The van der Waals surface area contributed by atoms with Crippen LogP contribution in [0.4, 0.5) is 10.1 Å². The molecule has 1 saturated carbocycles. The highest BCUT2D eigenvalue weighted by atomic mass is 19.1. The smallest absolute Gasteiger partial charge is 0.253 e. The molecule has 0 radical (unpaired) electrons. The number of hydrogen-bond acceptors (Lipinski definition) is 4. The monoisotopic (exact) mass is 399 g/mol. The quantitative estimate of drug-likeness (QED) is 0.815. The van der Waals surface area contributed by atoms with Crippen molar-refractivity contribution in [1.29, 1.82) is 0 Å². The Morgan fingerprint density at radius 3 is 2.52 bits per heavy atom. The second-order valence-corrected chi connectivity index (χ2v) is 9.23. The molecular weight excluding hydrogens is 369 g/mol. The van der Waals surface area contributed by atoms with E-state index in [-0.39, 0.29) is 23.7 Å². The van der Waals surface area contributed by atoms with Crippen molar-refractivity contribution in [3.05, 3.63) is 35.8 Å². The molecule has 1 saturated heterocycles. The molecule has 156 valence electrons. The number of pyridine rings is 1. The first kappa shape index (κ1) is 20.1. The number of aromatic nitrogens is 1.